The third kappa shape index (κ3) is 3.16. The number of rotatable bonds is 5. The highest BCUT2D eigenvalue weighted by Gasteiger charge is 2.57. The molecule has 0 unspecified atom stereocenters. The summed E-state index contributed by atoms with van der Waals surface area (Å²) in [5.41, 5.74) is -1.02. The van der Waals surface area contributed by atoms with Gasteiger partial charge in [0.2, 0.25) is 0 Å². The average molecular weight is 396 g/mol. The lowest BCUT2D eigenvalue weighted by Crippen LogP contribution is -2.58. The molecule has 9 heteroatoms. The van der Waals surface area contributed by atoms with E-state index in [0.29, 0.717) is 30.5 Å². The van der Waals surface area contributed by atoms with Gasteiger partial charge in [0.05, 0.1) is 0 Å². The fourth-order valence-corrected chi connectivity index (χ4v) is 4.15. The summed E-state index contributed by atoms with van der Waals surface area (Å²) >= 11 is 0. The Balaban J connectivity index is 1.80. The molecule has 3 rings (SSSR count). The molecule has 0 saturated carbocycles. The topological polar surface area (TPSA) is 65.9 Å². The molecule has 1 aromatic rings. The van der Waals surface area contributed by atoms with Gasteiger partial charge >= 0.3 is 12.6 Å². The molecule has 2 fully saturated rings. The lowest BCUT2D eigenvalue weighted by Gasteiger charge is -2.42. The van der Waals surface area contributed by atoms with E-state index in [2.05, 4.69) is 0 Å². The predicted molar refractivity (Wildman–Crippen MR) is 97.9 cm³/mol. The van der Waals surface area contributed by atoms with Crippen LogP contribution in [0.1, 0.15) is 50.7 Å². The van der Waals surface area contributed by atoms with Gasteiger partial charge in [0.25, 0.3) is 11.8 Å². The Kier molecular flexibility index (Phi) is 5.45. The number of carbonyl (C=O) groups is 3. The molecule has 0 radical (unpaired) electrons. The minimum atomic E-state index is -2.79. The first kappa shape index (κ1) is 20.3. The van der Waals surface area contributed by atoms with Crippen molar-refractivity contribution in [1.29, 1.82) is 0 Å². The molecule has 1 spiro atoms. The molecule has 2 saturated heterocycles. The molecule has 28 heavy (non-hydrogen) atoms. The zero-order valence-corrected chi connectivity index (χ0v) is 16.4. The van der Waals surface area contributed by atoms with E-state index in [9.17, 15) is 23.2 Å². The van der Waals surface area contributed by atoms with Crippen LogP contribution in [0.15, 0.2) is 18.3 Å². The monoisotopic (exact) mass is 396 g/mol. The molecule has 0 atom stereocenters. The number of amides is 4. The van der Waals surface area contributed by atoms with Gasteiger partial charge in [0, 0.05) is 32.4 Å². The van der Waals surface area contributed by atoms with Crippen LogP contribution in [-0.2, 0) is 4.79 Å². The summed E-state index contributed by atoms with van der Waals surface area (Å²) in [6.45, 7) is 4.17. The Morgan fingerprint density at radius 2 is 1.86 bits per heavy atom. The maximum absolute atomic E-state index is 13.1. The van der Waals surface area contributed by atoms with E-state index in [1.54, 1.807) is 11.8 Å². The highest BCUT2D eigenvalue weighted by molar-refractivity contribution is 6.07. The maximum Gasteiger partial charge on any atom is 0.327 e. The molecule has 4 amide bonds. The summed E-state index contributed by atoms with van der Waals surface area (Å²) in [7, 11) is 0. The summed E-state index contributed by atoms with van der Waals surface area (Å²) in [6.07, 6.45) is 1.79. The number of hydrogen-bond acceptors (Lipinski definition) is 3. The number of piperidine rings is 1. The molecular weight excluding hydrogens is 370 g/mol. The van der Waals surface area contributed by atoms with Gasteiger partial charge in [-0.05, 0) is 37.8 Å². The first-order chi connectivity index (χ1) is 13.2. The van der Waals surface area contributed by atoms with Crippen molar-refractivity contribution in [2.75, 3.05) is 26.2 Å². The highest BCUT2D eigenvalue weighted by atomic mass is 19.3. The van der Waals surface area contributed by atoms with Gasteiger partial charge in [-0.15, -0.1) is 0 Å². The highest BCUT2D eigenvalue weighted by Crippen LogP contribution is 2.38. The molecule has 0 N–H and O–H groups in total. The molecular formula is C19H26F2N4O3. The van der Waals surface area contributed by atoms with Crippen LogP contribution in [0.4, 0.5) is 13.6 Å². The quantitative estimate of drug-likeness (QED) is 0.719. The van der Waals surface area contributed by atoms with Crippen LogP contribution in [0.5, 0.6) is 0 Å². The average Bonchev–Trinajstić information content (AvgIpc) is 3.21. The van der Waals surface area contributed by atoms with Gasteiger partial charge in [-0.3, -0.25) is 19.1 Å². The van der Waals surface area contributed by atoms with E-state index < -0.39 is 18.0 Å². The van der Waals surface area contributed by atoms with Crippen LogP contribution in [0, 0.1) is 5.92 Å². The number of carbonyl (C=O) groups excluding carboxylic acids is 3. The number of urea groups is 1. The zero-order chi connectivity index (χ0) is 20.6. The zero-order valence-electron chi connectivity index (χ0n) is 16.4. The maximum atomic E-state index is 13.1. The second-order valence-electron chi connectivity index (χ2n) is 7.74. The predicted octanol–water partition coefficient (Wildman–Crippen LogP) is 2.80. The SMILES string of the molecule is CCN1C(=O)N(CC(C)C)C2(CCN(C(=O)c3cccn3C(F)F)CC2)C1=O. The van der Waals surface area contributed by atoms with Crippen LogP contribution in [-0.4, -0.2) is 68.8 Å². The van der Waals surface area contributed by atoms with Crippen molar-refractivity contribution in [3.63, 3.8) is 0 Å². The van der Waals surface area contributed by atoms with Gasteiger partial charge < -0.3 is 9.80 Å². The Bertz CT molecular complexity index is 769. The van der Waals surface area contributed by atoms with Crippen molar-refractivity contribution < 1.29 is 23.2 Å². The third-order valence-electron chi connectivity index (χ3n) is 5.57. The number of hydrogen-bond donors (Lipinski definition) is 0. The van der Waals surface area contributed by atoms with Crippen LogP contribution in [0.3, 0.4) is 0 Å². The smallest absolute Gasteiger partial charge is 0.327 e. The second-order valence-corrected chi connectivity index (χ2v) is 7.74. The normalized spacial score (nSPS) is 19.6. The minimum Gasteiger partial charge on any atom is -0.337 e. The molecule has 7 nitrogen and oxygen atoms in total. The van der Waals surface area contributed by atoms with E-state index in [1.807, 2.05) is 13.8 Å². The fraction of sp³-hybridized carbons (Fsp3) is 0.632. The lowest BCUT2D eigenvalue weighted by atomic mass is 9.85. The number of aromatic nitrogens is 1. The first-order valence-corrected chi connectivity index (χ1v) is 9.60. The number of likely N-dealkylation sites (tertiary alicyclic amines) is 1. The van der Waals surface area contributed by atoms with Crippen molar-refractivity contribution >= 4 is 17.8 Å². The summed E-state index contributed by atoms with van der Waals surface area (Å²) in [5, 5.41) is 0. The molecule has 3 heterocycles. The summed E-state index contributed by atoms with van der Waals surface area (Å²) < 4.78 is 26.8. The number of alkyl halides is 2. The van der Waals surface area contributed by atoms with Gasteiger partial charge in [0.1, 0.15) is 11.2 Å². The number of likely N-dealkylation sites (N-methyl/N-ethyl adjacent to an activating group) is 1. The van der Waals surface area contributed by atoms with Crippen molar-refractivity contribution in [3.8, 4) is 0 Å². The van der Waals surface area contributed by atoms with Crippen LogP contribution in [0.2, 0.25) is 0 Å². The van der Waals surface area contributed by atoms with E-state index in [0.717, 1.165) is 0 Å². The first-order valence-electron chi connectivity index (χ1n) is 9.60. The van der Waals surface area contributed by atoms with Crippen molar-refractivity contribution in [2.45, 2.75) is 45.7 Å². The lowest BCUT2D eigenvalue weighted by molar-refractivity contribution is -0.135. The largest absolute Gasteiger partial charge is 0.337 e. The summed E-state index contributed by atoms with van der Waals surface area (Å²) in [5.74, 6) is -0.511. The standard InChI is InChI=1S/C19H26F2N4O3/c1-4-23-16(27)19(25(18(23)28)12-13(2)3)7-10-22(11-8-19)15(26)14-6-5-9-24(14)17(20)21/h5-6,9,13,17H,4,7-8,10-12H2,1-3H3. The van der Waals surface area contributed by atoms with Crippen molar-refractivity contribution in [2.24, 2.45) is 5.92 Å². The molecule has 0 aliphatic carbocycles. The van der Waals surface area contributed by atoms with Gasteiger partial charge in [0.15, 0.2) is 0 Å². The Morgan fingerprint density at radius 1 is 1.21 bits per heavy atom. The van der Waals surface area contributed by atoms with Crippen molar-refractivity contribution in [1.82, 2.24) is 19.3 Å². The molecule has 2 aliphatic heterocycles. The van der Waals surface area contributed by atoms with Gasteiger partial charge in [-0.2, -0.15) is 8.78 Å². The summed E-state index contributed by atoms with van der Waals surface area (Å²) in [6, 6.07) is 2.49. The van der Waals surface area contributed by atoms with E-state index in [1.165, 1.54) is 28.1 Å². The molecule has 2 aliphatic rings. The minimum absolute atomic E-state index is 0.0750. The third-order valence-corrected chi connectivity index (χ3v) is 5.57. The molecule has 154 valence electrons. The number of imide groups is 1. The van der Waals surface area contributed by atoms with Crippen molar-refractivity contribution in [3.05, 3.63) is 24.0 Å². The van der Waals surface area contributed by atoms with E-state index in [-0.39, 0.29) is 36.6 Å². The van der Waals surface area contributed by atoms with Crippen LogP contribution in [0.25, 0.3) is 0 Å². The van der Waals surface area contributed by atoms with Crippen LogP contribution >= 0.6 is 0 Å². The number of halogens is 2. The fourth-order valence-electron chi connectivity index (χ4n) is 4.15. The number of nitrogens with zero attached hydrogens (tertiary/aromatic N) is 4. The van der Waals surface area contributed by atoms with Gasteiger partial charge in [-0.1, -0.05) is 13.8 Å². The Labute approximate surface area is 162 Å². The van der Waals surface area contributed by atoms with Gasteiger partial charge in [-0.25, -0.2) is 4.79 Å². The second kappa shape index (κ2) is 7.52. The molecule has 1 aromatic heterocycles. The molecule has 0 bridgehead atoms. The summed E-state index contributed by atoms with van der Waals surface area (Å²) in [4.78, 5) is 42.9. The van der Waals surface area contributed by atoms with E-state index >= 15 is 0 Å². The Hall–Kier alpha value is -2.45. The molecule has 0 aromatic carbocycles. The van der Waals surface area contributed by atoms with Crippen LogP contribution < -0.4 is 0 Å². The van der Waals surface area contributed by atoms with E-state index in [4.69, 9.17) is 0 Å². The Morgan fingerprint density at radius 3 is 2.39 bits per heavy atom.